The van der Waals surface area contributed by atoms with E-state index in [0.717, 1.165) is 24.5 Å². The average Bonchev–Trinajstić information content (AvgIpc) is 3.14. The molecule has 4 rings (SSSR count). The molecule has 1 amide bonds. The van der Waals surface area contributed by atoms with E-state index < -0.39 is 29.3 Å². The van der Waals surface area contributed by atoms with Crippen molar-refractivity contribution in [3.05, 3.63) is 95.1 Å². The molecular weight excluding hydrogens is 463 g/mol. The van der Waals surface area contributed by atoms with Crippen molar-refractivity contribution in [1.29, 1.82) is 0 Å². The van der Waals surface area contributed by atoms with Crippen molar-refractivity contribution < 1.29 is 28.6 Å². The Morgan fingerprint density at radius 1 is 1.14 bits per heavy atom. The molecular formula is C28H27FN2O5. The van der Waals surface area contributed by atoms with Crippen molar-refractivity contribution in [2.45, 2.75) is 32.4 Å². The number of methoxy groups -OCH3 is 1. The highest BCUT2D eigenvalue weighted by molar-refractivity contribution is 6.46. The van der Waals surface area contributed by atoms with Gasteiger partial charge in [-0.05, 0) is 53.9 Å². The molecule has 186 valence electrons. The SMILES string of the molecule is CCCCOc1ccc([C@@H]2C(=C(O)c3ccc(OC)c(F)c3)C(=O)C(=O)N2Cc2cccnc2)cc1. The number of ether oxygens (including phenoxy) is 2. The van der Waals surface area contributed by atoms with Crippen molar-refractivity contribution in [1.82, 2.24) is 9.88 Å². The first kappa shape index (κ1) is 24.9. The van der Waals surface area contributed by atoms with Gasteiger partial charge in [-0.2, -0.15) is 0 Å². The number of hydrogen-bond donors (Lipinski definition) is 1. The van der Waals surface area contributed by atoms with Crippen molar-refractivity contribution in [3.63, 3.8) is 0 Å². The van der Waals surface area contributed by atoms with Crippen LogP contribution in [0.15, 0.2) is 72.6 Å². The summed E-state index contributed by atoms with van der Waals surface area (Å²) in [4.78, 5) is 31.8. The molecule has 1 saturated heterocycles. The lowest BCUT2D eigenvalue weighted by Crippen LogP contribution is -2.29. The molecule has 0 saturated carbocycles. The number of Topliss-reactive ketones (excluding diaryl/α,β-unsaturated/α-hetero) is 1. The number of ketones is 1. The van der Waals surface area contributed by atoms with E-state index >= 15 is 0 Å². The third kappa shape index (κ3) is 5.07. The van der Waals surface area contributed by atoms with Gasteiger partial charge in [0.05, 0.1) is 25.3 Å². The normalized spacial score (nSPS) is 16.9. The van der Waals surface area contributed by atoms with Crippen LogP contribution in [0.4, 0.5) is 4.39 Å². The number of aromatic nitrogens is 1. The monoisotopic (exact) mass is 490 g/mol. The number of aliphatic hydroxyl groups excluding tert-OH is 1. The minimum atomic E-state index is -0.889. The lowest BCUT2D eigenvalue weighted by Gasteiger charge is -2.25. The van der Waals surface area contributed by atoms with Crippen LogP contribution in [0, 0.1) is 5.82 Å². The van der Waals surface area contributed by atoms with E-state index in [0.29, 0.717) is 17.9 Å². The van der Waals surface area contributed by atoms with Gasteiger partial charge < -0.3 is 19.5 Å². The number of halogens is 1. The molecule has 1 fully saturated rings. The second kappa shape index (κ2) is 11.0. The molecule has 1 N–H and O–H groups in total. The van der Waals surface area contributed by atoms with Crippen LogP contribution < -0.4 is 9.47 Å². The molecule has 2 heterocycles. The fourth-order valence-corrected chi connectivity index (χ4v) is 4.13. The predicted molar refractivity (Wildman–Crippen MR) is 132 cm³/mol. The van der Waals surface area contributed by atoms with E-state index in [9.17, 15) is 19.1 Å². The Bertz CT molecular complexity index is 1270. The van der Waals surface area contributed by atoms with Crippen LogP contribution in [0.1, 0.15) is 42.5 Å². The molecule has 1 aliphatic rings. The van der Waals surface area contributed by atoms with Gasteiger partial charge >= 0.3 is 0 Å². The molecule has 36 heavy (non-hydrogen) atoms. The summed E-state index contributed by atoms with van der Waals surface area (Å²) in [6.07, 6.45) is 5.16. The maximum atomic E-state index is 14.4. The van der Waals surface area contributed by atoms with Gasteiger partial charge in [0.2, 0.25) is 0 Å². The molecule has 1 atom stereocenters. The van der Waals surface area contributed by atoms with Crippen molar-refractivity contribution in [2.24, 2.45) is 0 Å². The molecule has 0 aliphatic carbocycles. The molecule has 0 radical (unpaired) electrons. The molecule has 0 spiro atoms. The van der Waals surface area contributed by atoms with Crippen molar-refractivity contribution >= 4 is 17.4 Å². The average molecular weight is 491 g/mol. The van der Waals surface area contributed by atoms with E-state index in [2.05, 4.69) is 11.9 Å². The molecule has 2 aromatic carbocycles. The third-order valence-electron chi connectivity index (χ3n) is 6.00. The first-order valence-electron chi connectivity index (χ1n) is 11.7. The summed E-state index contributed by atoms with van der Waals surface area (Å²) in [6, 6.07) is 13.6. The summed E-state index contributed by atoms with van der Waals surface area (Å²) in [6.45, 7) is 2.76. The first-order valence-corrected chi connectivity index (χ1v) is 11.7. The minimum absolute atomic E-state index is 0.00112. The second-order valence-corrected chi connectivity index (χ2v) is 8.41. The lowest BCUT2D eigenvalue weighted by molar-refractivity contribution is -0.140. The maximum Gasteiger partial charge on any atom is 0.295 e. The number of rotatable bonds is 9. The topological polar surface area (TPSA) is 89.0 Å². The summed E-state index contributed by atoms with van der Waals surface area (Å²) >= 11 is 0. The van der Waals surface area contributed by atoms with E-state index in [1.807, 2.05) is 0 Å². The standard InChI is InChI=1S/C28H27FN2O5/c1-3-4-14-36-21-10-7-19(8-11-21)25-24(26(32)20-9-12-23(35-2)22(29)15-20)27(33)28(34)31(25)17-18-6-5-13-30-16-18/h5-13,15-16,25,32H,3-4,14,17H2,1-2H3/t25-/m1/s1. The zero-order valence-corrected chi connectivity index (χ0v) is 20.1. The molecule has 1 aliphatic heterocycles. The second-order valence-electron chi connectivity index (χ2n) is 8.41. The molecule has 1 aromatic heterocycles. The number of aliphatic hydroxyl groups is 1. The fourth-order valence-electron chi connectivity index (χ4n) is 4.13. The summed E-state index contributed by atoms with van der Waals surface area (Å²) in [5, 5.41) is 11.1. The van der Waals surface area contributed by atoms with Gasteiger partial charge in [-0.3, -0.25) is 14.6 Å². The number of likely N-dealkylation sites (tertiary alicyclic amines) is 1. The van der Waals surface area contributed by atoms with Crippen LogP contribution in [0.2, 0.25) is 0 Å². The Kier molecular flexibility index (Phi) is 7.63. The number of amides is 1. The van der Waals surface area contributed by atoms with Crippen LogP contribution in [-0.4, -0.2) is 40.4 Å². The van der Waals surface area contributed by atoms with Gasteiger partial charge in [-0.15, -0.1) is 0 Å². The fraction of sp³-hybridized carbons (Fsp3) is 0.250. The minimum Gasteiger partial charge on any atom is -0.507 e. The highest BCUT2D eigenvalue weighted by atomic mass is 19.1. The van der Waals surface area contributed by atoms with Crippen LogP contribution in [0.5, 0.6) is 11.5 Å². The molecule has 0 unspecified atom stereocenters. The van der Waals surface area contributed by atoms with E-state index in [1.54, 1.807) is 48.8 Å². The highest BCUT2D eigenvalue weighted by Gasteiger charge is 2.46. The van der Waals surface area contributed by atoms with Gasteiger partial charge in [-0.25, -0.2) is 4.39 Å². The summed E-state index contributed by atoms with van der Waals surface area (Å²) in [7, 11) is 1.33. The van der Waals surface area contributed by atoms with E-state index in [4.69, 9.17) is 9.47 Å². The number of carbonyl (C=O) groups excluding carboxylic acids is 2. The van der Waals surface area contributed by atoms with Crippen LogP contribution >= 0.6 is 0 Å². The number of nitrogens with zero attached hydrogens (tertiary/aromatic N) is 2. The molecule has 8 heteroatoms. The van der Waals surface area contributed by atoms with Crippen LogP contribution in [-0.2, 0) is 16.1 Å². The Balaban J connectivity index is 1.78. The van der Waals surface area contributed by atoms with Crippen LogP contribution in [0.3, 0.4) is 0 Å². The summed E-state index contributed by atoms with van der Waals surface area (Å²) in [5.41, 5.74) is 1.28. The lowest BCUT2D eigenvalue weighted by atomic mass is 9.95. The smallest absolute Gasteiger partial charge is 0.295 e. The summed E-state index contributed by atoms with van der Waals surface area (Å²) in [5.74, 6) is -2.11. The third-order valence-corrected chi connectivity index (χ3v) is 6.00. The molecule has 0 bridgehead atoms. The number of benzene rings is 2. The quantitative estimate of drug-likeness (QED) is 0.196. The first-order chi connectivity index (χ1) is 17.4. The Morgan fingerprint density at radius 2 is 1.92 bits per heavy atom. The number of pyridine rings is 1. The van der Waals surface area contributed by atoms with Crippen LogP contribution in [0.25, 0.3) is 5.76 Å². The maximum absolute atomic E-state index is 14.4. The van der Waals surface area contributed by atoms with Crippen molar-refractivity contribution in [3.8, 4) is 11.5 Å². The van der Waals surface area contributed by atoms with Gasteiger partial charge in [0.25, 0.3) is 11.7 Å². The zero-order valence-electron chi connectivity index (χ0n) is 20.1. The number of hydrogen-bond acceptors (Lipinski definition) is 6. The Morgan fingerprint density at radius 3 is 2.56 bits per heavy atom. The van der Waals surface area contributed by atoms with Gasteiger partial charge in [-0.1, -0.05) is 31.5 Å². The highest BCUT2D eigenvalue weighted by Crippen LogP contribution is 2.41. The number of unbranched alkanes of at least 4 members (excludes halogenated alkanes) is 1. The Hall–Kier alpha value is -4.20. The van der Waals surface area contributed by atoms with Gasteiger partial charge in [0.15, 0.2) is 11.6 Å². The summed E-state index contributed by atoms with van der Waals surface area (Å²) < 4.78 is 25.1. The van der Waals surface area contributed by atoms with Gasteiger partial charge in [0.1, 0.15) is 11.5 Å². The number of carbonyl (C=O) groups is 2. The molecule has 7 nitrogen and oxygen atoms in total. The molecule has 3 aromatic rings. The van der Waals surface area contributed by atoms with E-state index in [-0.39, 0.29) is 23.4 Å². The van der Waals surface area contributed by atoms with Crippen molar-refractivity contribution in [2.75, 3.05) is 13.7 Å². The Labute approximate surface area is 208 Å². The van der Waals surface area contributed by atoms with E-state index in [1.165, 1.54) is 24.1 Å². The predicted octanol–water partition coefficient (Wildman–Crippen LogP) is 5.03. The zero-order chi connectivity index (χ0) is 25.7. The largest absolute Gasteiger partial charge is 0.507 e. The van der Waals surface area contributed by atoms with Gasteiger partial charge in [0, 0.05) is 24.5 Å².